The fraction of sp³-hybridized carbons (Fsp3) is 0.562. The van der Waals surface area contributed by atoms with E-state index < -0.39 is 10.0 Å². The fourth-order valence-electron chi connectivity index (χ4n) is 2.86. The molecule has 0 bridgehead atoms. The van der Waals surface area contributed by atoms with Crippen molar-refractivity contribution in [1.29, 1.82) is 0 Å². The van der Waals surface area contributed by atoms with Crippen LogP contribution >= 0.6 is 0 Å². The molecule has 0 aromatic heterocycles. The number of nitrogens with zero attached hydrogens (tertiary/aromatic N) is 1. The van der Waals surface area contributed by atoms with Crippen molar-refractivity contribution in [2.75, 3.05) is 0 Å². The standard InChI is InChI=1S/C16H24N2O2S/c1-12(2)15-10-9-13(3)11-16(15)17-18-21(19,20)14-7-5-4-6-8-14/h4-8,12-13,15,18H,9-11H2,1-3H3/b17-16+/t13-,15+/m1/s1. The van der Waals surface area contributed by atoms with Crippen LogP contribution in [0.4, 0.5) is 0 Å². The van der Waals surface area contributed by atoms with Crippen LogP contribution in [0.5, 0.6) is 0 Å². The Balaban J connectivity index is 2.18. The lowest BCUT2D eigenvalue weighted by Gasteiger charge is -2.30. The van der Waals surface area contributed by atoms with Crippen molar-refractivity contribution in [3.8, 4) is 0 Å². The van der Waals surface area contributed by atoms with Crippen molar-refractivity contribution in [3.05, 3.63) is 30.3 Å². The van der Waals surface area contributed by atoms with Crippen LogP contribution < -0.4 is 4.83 Å². The van der Waals surface area contributed by atoms with Gasteiger partial charge in [0.1, 0.15) is 0 Å². The molecule has 2 rings (SSSR count). The Labute approximate surface area is 127 Å². The summed E-state index contributed by atoms with van der Waals surface area (Å²) in [5.41, 5.74) is 0.989. The zero-order valence-electron chi connectivity index (χ0n) is 12.9. The van der Waals surface area contributed by atoms with Crippen molar-refractivity contribution in [1.82, 2.24) is 4.83 Å². The van der Waals surface area contributed by atoms with E-state index in [-0.39, 0.29) is 4.90 Å². The molecular weight excluding hydrogens is 284 g/mol. The number of hydrogen-bond acceptors (Lipinski definition) is 3. The van der Waals surface area contributed by atoms with Crippen LogP contribution in [0.2, 0.25) is 0 Å². The summed E-state index contributed by atoms with van der Waals surface area (Å²) in [5.74, 6) is 1.43. The summed E-state index contributed by atoms with van der Waals surface area (Å²) < 4.78 is 24.4. The van der Waals surface area contributed by atoms with Gasteiger partial charge in [-0.25, -0.2) is 4.83 Å². The third kappa shape index (κ3) is 4.06. The summed E-state index contributed by atoms with van der Waals surface area (Å²) in [6.07, 6.45) is 3.15. The minimum absolute atomic E-state index is 0.249. The molecule has 0 amide bonds. The Morgan fingerprint density at radius 2 is 1.86 bits per heavy atom. The Morgan fingerprint density at radius 3 is 2.48 bits per heavy atom. The normalized spacial score (nSPS) is 25.2. The molecule has 0 spiro atoms. The molecule has 116 valence electrons. The number of hydrogen-bond donors (Lipinski definition) is 1. The first-order valence-corrected chi connectivity index (χ1v) is 9.01. The van der Waals surface area contributed by atoms with Crippen molar-refractivity contribution in [2.24, 2.45) is 22.9 Å². The minimum Gasteiger partial charge on any atom is -0.200 e. The monoisotopic (exact) mass is 308 g/mol. The molecule has 0 radical (unpaired) electrons. The average Bonchev–Trinajstić information content (AvgIpc) is 2.46. The SMILES string of the molecule is CC(C)[C@@H]1CC[C@@H](C)C/C1=N\NS(=O)(=O)c1ccccc1. The Hall–Kier alpha value is -1.36. The minimum atomic E-state index is -3.56. The van der Waals surface area contributed by atoms with Crippen molar-refractivity contribution in [3.63, 3.8) is 0 Å². The van der Waals surface area contributed by atoms with E-state index in [1.165, 1.54) is 6.42 Å². The number of rotatable bonds is 4. The first-order valence-electron chi connectivity index (χ1n) is 7.53. The van der Waals surface area contributed by atoms with Crippen LogP contribution in [0.15, 0.2) is 40.3 Å². The number of nitrogens with one attached hydrogen (secondary N) is 1. The van der Waals surface area contributed by atoms with E-state index in [2.05, 4.69) is 30.7 Å². The largest absolute Gasteiger partial charge is 0.276 e. The molecule has 0 saturated heterocycles. The third-order valence-electron chi connectivity index (χ3n) is 4.12. The van der Waals surface area contributed by atoms with Crippen LogP contribution in [0.25, 0.3) is 0 Å². The zero-order chi connectivity index (χ0) is 15.5. The van der Waals surface area contributed by atoms with E-state index in [0.717, 1.165) is 18.6 Å². The van der Waals surface area contributed by atoms with E-state index in [4.69, 9.17) is 0 Å². The van der Waals surface area contributed by atoms with Gasteiger partial charge >= 0.3 is 0 Å². The first kappa shape index (κ1) is 16.0. The van der Waals surface area contributed by atoms with Gasteiger partial charge in [-0.1, -0.05) is 39.0 Å². The van der Waals surface area contributed by atoms with Gasteiger partial charge in [0.15, 0.2) is 0 Å². The smallest absolute Gasteiger partial charge is 0.200 e. The van der Waals surface area contributed by atoms with Gasteiger partial charge in [0, 0.05) is 11.6 Å². The molecule has 0 unspecified atom stereocenters. The lowest BCUT2D eigenvalue weighted by atomic mass is 9.76. The van der Waals surface area contributed by atoms with Gasteiger partial charge in [0.25, 0.3) is 10.0 Å². The lowest BCUT2D eigenvalue weighted by molar-refractivity contribution is 0.363. The molecule has 1 aliphatic carbocycles. The molecule has 0 heterocycles. The topological polar surface area (TPSA) is 58.5 Å². The number of sulfonamides is 1. The second-order valence-corrected chi connectivity index (χ2v) is 7.91. The van der Waals surface area contributed by atoms with Crippen molar-refractivity contribution < 1.29 is 8.42 Å². The van der Waals surface area contributed by atoms with Gasteiger partial charge in [0.2, 0.25) is 0 Å². The first-order chi connectivity index (χ1) is 9.90. The van der Waals surface area contributed by atoms with E-state index >= 15 is 0 Å². The van der Waals surface area contributed by atoms with Crippen molar-refractivity contribution in [2.45, 2.75) is 44.9 Å². The Kier molecular flexibility index (Phi) is 5.04. The highest BCUT2D eigenvalue weighted by molar-refractivity contribution is 7.89. The highest BCUT2D eigenvalue weighted by atomic mass is 32.2. The average molecular weight is 308 g/mol. The van der Waals surface area contributed by atoms with Gasteiger partial charge < -0.3 is 0 Å². The van der Waals surface area contributed by atoms with E-state index in [9.17, 15) is 8.42 Å². The van der Waals surface area contributed by atoms with E-state index in [0.29, 0.717) is 17.8 Å². The molecule has 21 heavy (non-hydrogen) atoms. The second-order valence-electron chi connectivity index (χ2n) is 6.25. The molecule has 1 aliphatic rings. The lowest BCUT2D eigenvalue weighted by Crippen LogP contribution is -2.31. The fourth-order valence-corrected chi connectivity index (χ4v) is 3.72. The van der Waals surface area contributed by atoms with Crippen LogP contribution in [-0.2, 0) is 10.0 Å². The van der Waals surface area contributed by atoms with Crippen LogP contribution in [0.1, 0.15) is 40.0 Å². The predicted molar refractivity (Wildman–Crippen MR) is 85.5 cm³/mol. The molecule has 1 saturated carbocycles. The summed E-state index contributed by atoms with van der Waals surface area (Å²) in [6, 6.07) is 8.36. The predicted octanol–water partition coefficient (Wildman–Crippen LogP) is 3.41. The molecule has 1 fully saturated rings. The maximum atomic E-state index is 12.2. The molecule has 1 aromatic carbocycles. The highest BCUT2D eigenvalue weighted by Gasteiger charge is 2.27. The molecule has 2 atom stereocenters. The number of benzene rings is 1. The third-order valence-corrected chi connectivity index (χ3v) is 5.35. The van der Waals surface area contributed by atoms with Gasteiger partial charge in [-0.15, -0.1) is 0 Å². The van der Waals surface area contributed by atoms with Gasteiger partial charge in [-0.05, 0) is 43.2 Å². The summed E-state index contributed by atoms with van der Waals surface area (Å²) in [4.78, 5) is 2.66. The quantitative estimate of drug-likeness (QED) is 0.867. The summed E-state index contributed by atoms with van der Waals surface area (Å²) >= 11 is 0. The molecule has 1 N–H and O–H groups in total. The summed E-state index contributed by atoms with van der Waals surface area (Å²) in [5, 5.41) is 4.26. The van der Waals surface area contributed by atoms with Crippen LogP contribution in [0.3, 0.4) is 0 Å². The Bertz CT molecular complexity index is 594. The highest BCUT2D eigenvalue weighted by Crippen LogP contribution is 2.31. The van der Waals surface area contributed by atoms with Crippen LogP contribution in [0, 0.1) is 17.8 Å². The van der Waals surface area contributed by atoms with Gasteiger partial charge in [-0.3, -0.25) is 0 Å². The van der Waals surface area contributed by atoms with Gasteiger partial charge in [0.05, 0.1) is 4.90 Å². The molecule has 4 nitrogen and oxygen atoms in total. The summed E-state index contributed by atoms with van der Waals surface area (Å²) in [7, 11) is -3.56. The molecular formula is C16H24N2O2S. The molecule has 1 aromatic rings. The van der Waals surface area contributed by atoms with Gasteiger partial charge in [-0.2, -0.15) is 13.5 Å². The van der Waals surface area contributed by atoms with Crippen molar-refractivity contribution >= 4 is 15.7 Å². The zero-order valence-corrected chi connectivity index (χ0v) is 13.7. The maximum Gasteiger partial charge on any atom is 0.276 e. The van der Waals surface area contributed by atoms with Crippen LogP contribution in [-0.4, -0.2) is 14.1 Å². The molecule has 5 heteroatoms. The second kappa shape index (κ2) is 6.60. The summed E-state index contributed by atoms with van der Waals surface area (Å²) in [6.45, 7) is 6.53. The molecule has 0 aliphatic heterocycles. The van der Waals surface area contributed by atoms with E-state index in [1.54, 1.807) is 30.3 Å². The Morgan fingerprint density at radius 1 is 1.19 bits per heavy atom. The maximum absolute atomic E-state index is 12.2. The van der Waals surface area contributed by atoms with E-state index in [1.807, 2.05) is 0 Å². The number of hydrazone groups is 1.